The Balaban J connectivity index is 1.22. The molecule has 0 aromatic heterocycles. The number of allylic oxidation sites excluding steroid dienone is 1. The van der Waals surface area contributed by atoms with Crippen LogP contribution in [0.5, 0.6) is 0 Å². The number of rotatable bonds is 9. The van der Waals surface area contributed by atoms with Crippen LogP contribution < -0.4 is 0 Å². The van der Waals surface area contributed by atoms with E-state index in [1.807, 2.05) is 13.8 Å². The van der Waals surface area contributed by atoms with Gasteiger partial charge in [0.05, 0.1) is 12.8 Å². The first-order valence-corrected chi connectivity index (χ1v) is 19.7. The molecule has 5 nitrogen and oxygen atoms in total. The van der Waals surface area contributed by atoms with Crippen LogP contribution >= 0.6 is 0 Å². The minimum absolute atomic E-state index is 0.0234. The molecule has 0 aromatic rings. The number of nitrogens with zero attached hydrogens (tertiary/aromatic N) is 1. The zero-order valence-electron chi connectivity index (χ0n) is 31.5. The summed E-state index contributed by atoms with van der Waals surface area (Å²) >= 11 is 0. The van der Waals surface area contributed by atoms with Gasteiger partial charge in [-0.15, -0.1) is 0 Å². The van der Waals surface area contributed by atoms with E-state index in [9.17, 15) is 14.7 Å². The molecule has 1 aliphatic heterocycles. The van der Waals surface area contributed by atoms with Gasteiger partial charge in [-0.05, 0) is 167 Å². The van der Waals surface area contributed by atoms with E-state index in [1.165, 1.54) is 95.8 Å². The van der Waals surface area contributed by atoms with E-state index in [1.54, 1.807) is 0 Å². The van der Waals surface area contributed by atoms with Crippen LogP contribution in [0.4, 0.5) is 0 Å². The van der Waals surface area contributed by atoms with Crippen LogP contribution in [0.3, 0.4) is 0 Å². The fraction of sp³-hybridized carbons (Fsp3) is 0.905. The van der Waals surface area contributed by atoms with Gasteiger partial charge in [-0.2, -0.15) is 0 Å². The summed E-state index contributed by atoms with van der Waals surface area (Å²) < 4.78 is 6.29. The summed E-state index contributed by atoms with van der Waals surface area (Å²) in [4.78, 5) is 27.3. The van der Waals surface area contributed by atoms with Crippen molar-refractivity contribution in [2.24, 2.45) is 62.1 Å². The lowest BCUT2D eigenvalue weighted by Crippen LogP contribution is -2.66. The molecule has 0 radical (unpaired) electrons. The standard InChI is InChI=1S/C42H69NO4/c1-28(2)29-14-19-42(22-25-43-23-10-11-24-43)21-20-40(8)30(36(29)42)12-13-32-39(7)17-16-33(38(5,6)31(39)15-18-41(32,40)9)47-35(46)27-37(3,4)26-34(44)45/h29-33,36H,1,10-27H2,2-9H3,(H,44,45)/t29?,30-,31?,32?,33?,36?,39+,40-,41-,42-/m1/s1. The van der Waals surface area contributed by atoms with Gasteiger partial charge in [-0.3, -0.25) is 9.59 Å². The Hall–Kier alpha value is -1.36. The van der Waals surface area contributed by atoms with Crippen molar-refractivity contribution in [1.29, 1.82) is 0 Å². The average molecular weight is 652 g/mol. The largest absolute Gasteiger partial charge is 0.481 e. The smallest absolute Gasteiger partial charge is 0.306 e. The zero-order valence-corrected chi connectivity index (χ0v) is 31.5. The van der Waals surface area contributed by atoms with Crippen LogP contribution in [-0.4, -0.2) is 47.7 Å². The van der Waals surface area contributed by atoms with Gasteiger partial charge < -0.3 is 14.7 Å². The van der Waals surface area contributed by atoms with Gasteiger partial charge in [0.15, 0.2) is 0 Å². The van der Waals surface area contributed by atoms with Crippen molar-refractivity contribution in [3.8, 4) is 0 Å². The molecule has 266 valence electrons. The quantitative estimate of drug-likeness (QED) is 0.199. The van der Waals surface area contributed by atoms with E-state index in [-0.39, 0.29) is 35.7 Å². The molecule has 1 N–H and O–H groups in total. The van der Waals surface area contributed by atoms with Crippen LogP contribution in [0.25, 0.3) is 0 Å². The van der Waals surface area contributed by atoms with Gasteiger partial charge >= 0.3 is 11.9 Å². The fourth-order valence-electron chi connectivity index (χ4n) is 14.3. The van der Waals surface area contributed by atoms with E-state index < -0.39 is 11.4 Å². The molecule has 10 atom stereocenters. The molecular weight excluding hydrogens is 582 g/mol. The molecule has 1 heterocycles. The number of ether oxygens (including phenoxy) is 1. The van der Waals surface area contributed by atoms with Gasteiger partial charge in [0.2, 0.25) is 0 Å². The van der Waals surface area contributed by atoms with E-state index in [0.29, 0.717) is 34.0 Å². The summed E-state index contributed by atoms with van der Waals surface area (Å²) in [5.41, 5.74) is 2.16. The molecule has 5 heteroatoms. The summed E-state index contributed by atoms with van der Waals surface area (Å²) in [5.74, 6) is 2.40. The maximum atomic E-state index is 13.2. The highest BCUT2D eigenvalue weighted by atomic mass is 16.5. The molecule has 5 saturated carbocycles. The second-order valence-electron chi connectivity index (χ2n) is 20.1. The van der Waals surface area contributed by atoms with Gasteiger partial charge in [0, 0.05) is 5.41 Å². The first kappa shape index (κ1) is 35.5. The summed E-state index contributed by atoms with van der Waals surface area (Å²) in [6.45, 7) is 27.5. The number of hydrogen-bond acceptors (Lipinski definition) is 4. The molecule has 0 amide bonds. The van der Waals surface area contributed by atoms with Crippen molar-refractivity contribution in [2.75, 3.05) is 19.6 Å². The average Bonchev–Trinajstić information content (AvgIpc) is 3.61. The number of fused-ring (bicyclic) bond motifs is 7. The van der Waals surface area contributed by atoms with Crippen LogP contribution in [0, 0.1) is 62.1 Å². The Morgan fingerprint density at radius 3 is 2.21 bits per heavy atom. The van der Waals surface area contributed by atoms with Crippen molar-refractivity contribution >= 4 is 11.9 Å². The van der Waals surface area contributed by atoms with Crippen LogP contribution in [0.2, 0.25) is 0 Å². The first-order chi connectivity index (χ1) is 21.9. The Morgan fingerprint density at radius 2 is 1.55 bits per heavy atom. The van der Waals surface area contributed by atoms with E-state index in [0.717, 1.165) is 24.7 Å². The lowest BCUT2D eigenvalue weighted by atomic mass is 9.32. The Kier molecular flexibility index (Phi) is 9.17. The predicted molar refractivity (Wildman–Crippen MR) is 190 cm³/mol. The maximum absolute atomic E-state index is 13.2. The normalized spacial score (nSPS) is 44.5. The van der Waals surface area contributed by atoms with Crippen LogP contribution in [-0.2, 0) is 14.3 Å². The topological polar surface area (TPSA) is 66.8 Å². The highest BCUT2D eigenvalue weighted by Crippen LogP contribution is 2.78. The summed E-state index contributed by atoms with van der Waals surface area (Å²) in [7, 11) is 0. The van der Waals surface area contributed by atoms with E-state index >= 15 is 0 Å². The van der Waals surface area contributed by atoms with Gasteiger partial charge in [0.25, 0.3) is 0 Å². The van der Waals surface area contributed by atoms with Crippen molar-refractivity contribution in [3.63, 3.8) is 0 Å². The molecule has 0 aromatic carbocycles. The number of hydrogen-bond donors (Lipinski definition) is 1. The first-order valence-electron chi connectivity index (χ1n) is 19.7. The number of likely N-dealkylation sites (tertiary alicyclic amines) is 1. The minimum atomic E-state index is -0.862. The molecule has 5 unspecified atom stereocenters. The number of carboxylic acids is 1. The zero-order chi connectivity index (χ0) is 34.2. The molecule has 0 bridgehead atoms. The highest BCUT2D eigenvalue weighted by Gasteiger charge is 2.71. The maximum Gasteiger partial charge on any atom is 0.306 e. The molecule has 1 saturated heterocycles. The van der Waals surface area contributed by atoms with Gasteiger partial charge in [-0.1, -0.05) is 60.6 Å². The number of aliphatic carboxylic acids is 1. The number of carbonyl (C=O) groups excluding carboxylic acids is 1. The third kappa shape index (κ3) is 5.77. The fourth-order valence-corrected chi connectivity index (χ4v) is 14.3. The summed E-state index contributed by atoms with van der Waals surface area (Å²) in [6.07, 6.45) is 17.0. The molecule has 6 aliphatic rings. The molecule has 5 aliphatic carbocycles. The summed E-state index contributed by atoms with van der Waals surface area (Å²) in [6, 6.07) is 0. The Bertz CT molecular complexity index is 1230. The Labute approximate surface area is 287 Å². The lowest BCUT2D eigenvalue weighted by molar-refractivity contribution is -0.250. The third-order valence-electron chi connectivity index (χ3n) is 16.8. The second-order valence-corrected chi connectivity index (χ2v) is 20.1. The monoisotopic (exact) mass is 652 g/mol. The van der Waals surface area contributed by atoms with Crippen molar-refractivity contribution in [3.05, 3.63) is 12.2 Å². The summed E-state index contributed by atoms with van der Waals surface area (Å²) in [5, 5.41) is 9.33. The molecular formula is C42H69NO4. The predicted octanol–water partition coefficient (Wildman–Crippen LogP) is 9.93. The molecule has 0 spiro atoms. The second kappa shape index (κ2) is 12.2. The van der Waals surface area contributed by atoms with Crippen LogP contribution in [0.15, 0.2) is 12.2 Å². The third-order valence-corrected chi connectivity index (χ3v) is 16.8. The van der Waals surface area contributed by atoms with Crippen molar-refractivity contribution in [1.82, 2.24) is 4.90 Å². The number of carbonyl (C=O) groups is 2. The molecule has 6 fully saturated rings. The Morgan fingerprint density at radius 1 is 0.851 bits per heavy atom. The van der Waals surface area contributed by atoms with E-state index in [2.05, 4.69) is 53.0 Å². The SMILES string of the molecule is C=C(C)C1CC[C@]2(CCN3CCCC3)CC[C@]3(C)[C@H](CCC4[C@@]5(C)CCC(OC(=O)CC(C)(C)CC(=O)O)C(C)(C)C5CC[C@]43C)C12. The van der Waals surface area contributed by atoms with Crippen molar-refractivity contribution in [2.45, 2.75) is 158 Å². The lowest BCUT2D eigenvalue weighted by Gasteiger charge is -2.73. The number of carboxylic acid groups (broad SMARTS) is 1. The van der Waals surface area contributed by atoms with E-state index in [4.69, 9.17) is 4.74 Å². The molecule has 6 rings (SSSR count). The van der Waals surface area contributed by atoms with Gasteiger partial charge in [-0.25, -0.2) is 0 Å². The van der Waals surface area contributed by atoms with Crippen LogP contribution in [0.1, 0.15) is 152 Å². The highest BCUT2D eigenvalue weighted by molar-refractivity contribution is 5.73. The minimum Gasteiger partial charge on any atom is -0.481 e. The number of esters is 1. The molecule has 47 heavy (non-hydrogen) atoms. The van der Waals surface area contributed by atoms with Gasteiger partial charge in [0.1, 0.15) is 6.10 Å². The van der Waals surface area contributed by atoms with Crippen molar-refractivity contribution < 1.29 is 19.4 Å².